The predicted octanol–water partition coefficient (Wildman–Crippen LogP) is 1.80. The Kier molecular flexibility index (Phi) is 5.46. The molecule has 1 aromatic heterocycles. The maximum atomic E-state index is 11.8. The number of hydrogen-bond donors (Lipinski definition) is 3. The minimum absolute atomic E-state index is 0.0780. The number of aliphatic hydroxyl groups is 1. The molecule has 0 spiro atoms. The first kappa shape index (κ1) is 16.4. The van der Waals surface area contributed by atoms with Crippen LogP contribution in [0.25, 0.3) is 11.4 Å². The van der Waals surface area contributed by atoms with E-state index in [0.29, 0.717) is 11.3 Å². The molecule has 2 aromatic rings. The monoisotopic (exact) mass is 320 g/mol. The highest BCUT2D eigenvalue weighted by atomic mass is 32.1. The molecule has 118 valence electrons. The topological polar surface area (TPSA) is 82.9 Å². The smallest absolute Gasteiger partial charge is 0.222 e. The van der Waals surface area contributed by atoms with Crippen molar-refractivity contribution in [2.45, 2.75) is 32.9 Å². The van der Waals surface area contributed by atoms with E-state index in [-0.39, 0.29) is 25.0 Å². The molecule has 1 amide bonds. The standard InChI is InChI=1S/C15H20N4O2S/c1-10-4-3-5-12(8-10)14-17-18-15(22)19(14)7-6-13(21)16-11(2)9-20/h3-5,8,11,20H,6-7,9H2,1-2H3,(H,16,21)(H,18,22). The minimum atomic E-state index is -0.249. The van der Waals surface area contributed by atoms with Crippen LogP contribution in [0.1, 0.15) is 18.9 Å². The lowest BCUT2D eigenvalue weighted by atomic mass is 10.1. The summed E-state index contributed by atoms with van der Waals surface area (Å²) in [7, 11) is 0. The summed E-state index contributed by atoms with van der Waals surface area (Å²) in [6.07, 6.45) is 0.275. The lowest BCUT2D eigenvalue weighted by Crippen LogP contribution is -2.35. The van der Waals surface area contributed by atoms with Crippen molar-refractivity contribution in [1.29, 1.82) is 0 Å². The quantitative estimate of drug-likeness (QED) is 0.709. The van der Waals surface area contributed by atoms with Crippen LogP contribution < -0.4 is 5.32 Å². The van der Waals surface area contributed by atoms with Crippen LogP contribution in [0.4, 0.5) is 0 Å². The minimum Gasteiger partial charge on any atom is -0.394 e. The van der Waals surface area contributed by atoms with Crippen molar-refractivity contribution in [2.75, 3.05) is 6.61 Å². The van der Waals surface area contributed by atoms with Crippen molar-refractivity contribution in [2.24, 2.45) is 0 Å². The van der Waals surface area contributed by atoms with Crippen molar-refractivity contribution < 1.29 is 9.90 Å². The van der Waals surface area contributed by atoms with E-state index in [9.17, 15) is 4.79 Å². The molecule has 0 fully saturated rings. The lowest BCUT2D eigenvalue weighted by Gasteiger charge is -2.11. The maximum absolute atomic E-state index is 11.8. The number of nitrogens with one attached hydrogen (secondary N) is 2. The van der Waals surface area contributed by atoms with E-state index in [1.54, 1.807) is 6.92 Å². The summed E-state index contributed by atoms with van der Waals surface area (Å²) in [4.78, 5) is 11.8. The van der Waals surface area contributed by atoms with E-state index in [2.05, 4.69) is 15.5 Å². The second-order valence-corrected chi connectivity index (χ2v) is 5.66. The van der Waals surface area contributed by atoms with Gasteiger partial charge in [-0.3, -0.25) is 14.5 Å². The zero-order valence-corrected chi connectivity index (χ0v) is 13.5. The highest BCUT2D eigenvalue weighted by molar-refractivity contribution is 7.71. The van der Waals surface area contributed by atoms with E-state index >= 15 is 0 Å². The highest BCUT2D eigenvalue weighted by Crippen LogP contribution is 2.18. The molecule has 0 aliphatic rings. The molecule has 1 unspecified atom stereocenters. The molecule has 0 radical (unpaired) electrons. The van der Waals surface area contributed by atoms with Crippen LogP contribution in [0.2, 0.25) is 0 Å². The maximum Gasteiger partial charge on any atom is 0.222 e. The molecule has 0 saturated heterocycles. The SMILES string of the molecule is Cc1cccc(-c2n[nH]c(=S)n2CCC(=O)NC(C)CO)c1. The lowest BCUT2D eigenvalue weighted by molar-refractivity contribution is -0.122. The molecule has 3 N–H and O–H groups in total. The van der Waals surface area contributed by atoms with E-state index in [1.165, 1.54) is 0 Å². The summed E-state index contributed by atoms with van der Waals surface area (Å²) >= 11 is 5.24. The summed E-state index contributed by atoms with van der Waals surface area (Å²) < 4.78 is 2.30. The first-order valence-electron chi connectivity index (χ1n) is 7.13. The molecule has 0 aliphatic carbocycles. The second kappa shape index (κ2) is 7.33. The van der Waals surface area contributed by atoms with Crippen LogP contribution in [-0.4, -0.2) is 38.4 Å². The summed E-state index contributed by atoms with van der Waals surface area (Å²) in [5.74, 6) is 0.594. The number of benzene rings is 1. The second-order valence-electron chi connectivity index (χ2n) is 5.27. The van der Waals surface area contributed by atoms with Crippen molar-refractivity contribution >= 4 is 18.1 Å². The summed E-state index contributed by atoms with van der Waals surface area (Å²) in [5.41, 5.74) is 2.09. The van der Waals surface area contributed by atoms with E-state index in [0.717, 1.165) is 17.0 Å². The molecule has 1 atom stereocenters. The number of aliphatic hydroxyl groups excluding tert-OH is 1. The summed E-state index contributed by atoms with van der Waals surface area (Å²) in [5, 5.41) is 18.7. The molecule has 0 bridgehead atoms. The molecule has 6 nitrogen and oxygen atoms in total. The number of nitrogens with zero attached hydrogens (tertiary/aromatic N) is 2. The average molecular weight is 320 g/mol. The Balaban J connectivity index is 2.14. The summed E-state index contributed by atoms with van der Waals surface area (Å²) in [6.45, 7) is 4.12. The van der Waals surface area contributed by atoms with Gasteiger partial charge in [-0.1, -0.05) is 23.8 Å². The molecule has 1 heterocycles. The number of hydrogen-bond acceptors (Lipinski definition) is 4. The van der Waals surface area contributed by atoms with Gasteiger partial charge in [0.1, 0.15) is 0 Å². The van der Waals surface area contributed by atoms with E-state index in [4.69, 9.17) is 17.3 Å². The first-order valence-corrected chi connectivity index (χ1v) is 7.54. The Labute approximate surface area is 134 Å². The molecule has 2 rings (SSSR count). The van der Waals surface area contributed by atoms with Gasteiger partial charge in [0.05, 0.1) is 6.61 Å². The Morgan fingerprint density at radius 2 is 2.32 bits per heavy atom. The van der Waals surface area contributed by atoms with Crippen LogP contribution in [-0.2, 0) is 11.3 Å². The number of aryl methyl sites for hydroxylation is 1. The van der Waals surface area contributed by atoms with Crippen LogP contribution in [0.3, 0.4) is 0 Å². The van der Waals surface area contributed by atoms with Gasteiger partial charge in [-0.15, -0.1) is 0 Å². The third-order valence-corrected chi connectivity index (χ3v) is 3.59. The Hall–Kier alpha value is -1.99. The fourth-order valence-corrected chi connectivity index (χ4v) is 2.36. The number of carbonyl (C=O) groups excluding carboxylic acids is 1. The van der Waals surface area contributed by atoms with Gasteiger partial charge in [0.25, 0.3) is 0 Å². The van der Waals surface area contributed by atoms with Gasteiger partial charge in [-0.25, -0.2) is 0 Å². The Morgan fingerprint density at radius 1 is 1.55 bits per heavy atom. The zero-order valence-electron chi connectivity index (χ0n) is 12.7. The normalized spacial score (nSPS) is 12.1. The fourth-order valence-electron chi connectivity index (χ4n) is 2.14. The van der Waals surface area contributed by atoms with Crippen molar-refractivity contribution in [3.8, 4) is 11.4 Å². The Morgan fingerprint density at radius 3 is 3.00 bits per heavy atom. The largest absolute Gasteiger partial charge is 0.394 e. The number of H-pyrrole nitrogens is 1. The molecule has 22 heavy (non-hydrogen) atoms. The van der Waals surface area contributed by atoms with Crippen LogP contribution >= 0.6 is 12.2 Å². The van der Waals surface area contributed by atoms with E-state index < -0.39 is 0 Å². The van der Waals surface area contributed by atoms with E-state index in [1.807, 2.05) is 35.8 Å². The van der Waals surface area contributed by atoms with Crippen molar-refractivity contribution in [3.05, 3.63) is 34.6 Å². The van der Waals surface area contributed by atoms with Gasteiger partial charge in [-0.05, 0) is 32.1 Å². The molecule has 0 aliphatic heterocycles. The van der Waals surface area contributed by atoms with Gasteiger partial charge in [0, 0.05) is 24.6 Å². The van der Waals surface area contributed by atoms with Gasteiger partial charge >= 0.3 is 0 Å². The van der Waals surface area contributed by atoms with Gasteiger partial charge in [0.2, 0.25) is 5.91 Å². The first-order chi connectivity index (χ1) is 10.5. The van der Waals surface area contributed by atoms with Gasteiger partial charge < -0.3 is 10.4 Å². The number of aromatic amines is 1. The number of carbonyl (C=O) groups is 1. The van der Waals surface area contributed by atoms with Crippen molar-refractivity contribution in [3.63, 3.8) is 0 Å². The number of amides is 1. The van der Waals surface area contributed by atoms with Crippen LogP contribution in [0.15, 0.2) is 24.3 Å². The van der Waals surface area contributed by atoms with Gasteiger partial charge in [0.15, 0.2) is 10.6 Å². The third kappa shape index (κ3) is 4.02. The summed E-state index contributed by atoms with van der Waals surface area (Å²) in [6, 6.07) is 7.71. The predicted molar refractivity (Wildman–Crippen MR) is 86.9 cm³/mol. The Bertz CT molecular complexity index is 708. The number of aromatic nitrogens is 3. The molecular formula is C15H20N4O2S. The van der Waals surface area contributed by atoms with Crippen LogP contribution in [0, 0.1) is 11.7 Å². The molecule has 1 aromatic carbocycles. The molecular weight excluding hydrogens is 300 g/mol. The molecule has 0 saturated carbocycles. The highest BCUT2D eigenvalue weighted by Gasteiger charge is 2.11. The zero-order chi connectivity index (χ0) is 16.1. The van der Waals surface area contributed by atoms with Crippen LogP contribution in [0.5, 0.6) is 0 Å². The van der Waals surface area contributed by atoms with Crippen molar-refractivity contribution in [1.82, 2.24) is 20.1 Å². The van der Waals surface area contributed by atoms with Gasteiger partial charge in [-0.2, -0.15) is 5.10 Å². The third-order valence-electron chi connectivity index (χ3n) is 3.28. The number of rotatable bonds is 6. The molecule has 7 heteroatoms. The fraction of sp³-hybridized carbons (Fsp3) is 0.400. The average Bonchev–Trinajstić information content (AvgIpc) is 2.86.